The quantitative estimate of drug-likeness (QED) is 0.393. The lowest BCUT2D eigenvalue weighted by Crippen LogP contribution is -2.22. The number of hydrogen-bond donors (Lipinski definition) is 0. The first-order chi connectivity index (χ1) is 13.4. The van der Waals surface area contributed by atoms with Crippen LogP contribution in [0.2, 0.25) is 0 Å². The third-order valence-corrected chi connectivity index (χ3v) is 3.80. The summed E-state index contributed by atoms with van der Waals surface area (Å²) in [5.41, 5.74) is -6.64. The molecule has 0 aliphatic rings. The van der Waals surface area contributed by atoms with Crippen LogP contribution in [0.15, 0.2) is 30.3 Å². The van der Waals surface area contributed by atoms with Crippen LogP contribution in [0, 0.1) is 37.3 Å². The van der Waals surface area contributed by atoms with E-state index in [1.54, 1.807) is 0 Å². The molecule has 0 N–H and O–H groups in total. The van der Waals surface area contributed by atoms with E-state index in [9.17, 15) is 48.3 Å². The van der Waals surface area contributed by atoms with Gasteiger partial charge in [-0.1, -0.05) is 6.07 Å². The molecule has 0 saturated heterocycles. The third-order valence-electron chi connectivity index (χ3n) is 3.80. The summed E-state index contributed by atoms with van der Waals surface area (Å²) < 4.78 is 40.7. The number of amides is 1. The molecule has 29 heavy (non-hydrogen) atoms. The fourth-order valence-corrected chi connectivity index (χ4v) is 2.52. The molecule has 2 aromatic carbocycles. The van der Waals surface area contributed by atoms with Gasteiger partial charge in [0, 0.05) is 18.2 Å². The van der Waals surface area contributed by atoms with Crippen LogP contribution in [0.1, 0.15) is 11.1 Å². The van der Waals surface area contributed by atoms with Gasteiger partial charge in [-0.2, -0.15) is 13.2 Å². The molecule has 11 nitrogen and oxygen atoms in total. The second kappa shape index (κ2) is 7.49. The van der Waals surface area contributed by atoms with Gasteiger partial charge in [-0.15, -0.1) is 0 Å². The summed E-state index contributed by atoms with van der Waals surface area (Å²) in [7, 11) is 0. The predicted octanol–water partition coefficient (Wildman–Crippen LogP) is 4.03. The van der Waals surface area contributed by atoms with Crippen LogP contribution in [0.4, 0.5) is 41.6 Å². The Labute approximate surface area is 158 Å². The van der Waals surface area contributed by atoms with E-state index in [2.05, 4.69) is 0 Å². The number of benzene rings is 2. The molecule has 0 aliphatic heterocycles. The van der Waals surface area contributed by atoms with Gasteiger partial charge in [-0.3, -0.25) is 40.0 Å². The Balaban J connectivity index is 2.95. The van der Waals surface area contributed by atoms with E-state index in [0.29, 0.717) is 0 Å². The number of nitro groups is 3. The topological polar surface area (TPSA) is 150 Å². The summed E-state index contributed by atoms with van der Waals surface area (Å²) in [5.74, 6) is 0. The molecular formula is C15H9F3N4O7. The highest BCUT2D eigenvalue weighted by Crippen LogP contribution is 2.46. The number of non-ortho nitro benzene ring substituents is 2. The highest BCUT2D eigenvalue weighted by Gasteiger charge is 2.42. The van der Waals surface area contributed by atoms with Crippen molar-refractivity contribution in [2.24, 2.45) is 0 Å². The summed E-state index contributed by atoms with van der Waals surface area (Å²) in [4.78, 5) is 41.6. The number of hydrogen-bond acceptors (Lipinski definition) is 7. The lowest BCUT2D eigenvalue weighted by Gasteiger charge is -2.23. The van der Waals surface area contributed by atoms with E-state index < -0.39 is 54.9 Å². The average Bonchev–Trinajstić information content (AvgIpc) is 2.62. The highest BCUT2D eigenvalue weighted by atomic mass is 19.4. The molecule has 0 bridgehead atoms. The molecular weight excluding hydrogens is 405 g/mol. The van der Waals surface area contributed by atoms with Crippen molar-refractivity contribution in [3.8, 4) is 0 Å². The summed E-state index contributed by atoms with van der Waals surface area (Å²) in [6, 6.07) is 3.24. The van der Waals surface area contributed by atoms with Gasteiger partial charge >= 0.3 is 11.9 Å². The minimum atomic E-state index is -5.32. The zero-order valence-electron chi connectivity index (χ0n) is 14.2. The zero-order valence-corrected chi connectivity index (χ0v) is 14.2. The number of halogens is 3. The van der Waals surface area contributed by atoms with Gasteiger partial charge in [0.2, 0.25) is 6.41 Å². The zero-order chi connectivity index (χ0) is 22.1. The van der Waals surface area contributed by atoms with Crippen molar-refractivity contribution >= 4 is 34.8 Å². The maximum Gasteiger partial charge on any atom is 0.418 e. The van der Waals surface area contributed by atoms with Crippen LogP contribution in [0.25, 0.3) is 0 Å². The predicted molar refractivity (Wildman–Crippen MR) is 90.8 cm³/mol. The fourth-order valence-electron chi connectivity index (χ4n) is 2.52. The number of aryl methyl sites for hydroxylation is 1. The van der Waals surface area contributed by atoms with Crippen molar-refractivity contribution in [3.63, 3.8) is 0 Å². The van der Waals surface area contributed by atoms with E-state index in [-0.39, 0.29) is 29.0 Å². The first-order valence-corrected chi connectivity index (χ1v) is 7.42. The van der Waals surface area contributed by atoms with Crippen LogP contribution in [-0.2, 0) is 11.0 Å². The van der Waals surface area contributed by atoms with Crippen LogP contribution in [-0.4, -0.2) is 21.2 Å². The molecule has 0 heterocycles. The van der Waals surface area contributed by atoms with E-state index in [0.717, 1.165) is 18.2 Å². The van der Waals surface area contributed by atoms with Gasteiger partial charge in [0.05, 0.1) is 32.1 Å². The van der Waals surface area contributed by atoms with Crippen LogP contribution in [0.3, 0.4) is 0 Å². The number of carbonyl (C=O) groups is 1. The van der Waals surface area contributed by atoms with Crippen molar-refractivity contribution < 1.29 is 32.7 Å². The Kier molecular flexibility index (Phi) is 5.48. The SMILES string of the molecule is Cc1ccc([N+](=O)[O-])cc1N(C=O)c1c([N+](=O)[O-])cc([N+](=O)[O-])cc1C(F)(F)F. The lowest BCUT2D eigenvalue weighted by atomic mass is 10.1. The Hall–Kier alpha value is -4.10. The first kappa shape index (κ1) is 21.2. The van der Waals surface area contributed by atoms with Gasteiger partial charge in [0.25, 0.3) is 11.4 Å². The Morgan fingerprint density at radius 3 is 1.97 bits per heavy atom. The number of alkyl halides is 3. The van der Waals surface area contributed by atoms with E-state index in [4.69, 9.17) is 0 Å². The second-order valence-corrected chi connectivity index (χ2v) is 5.58. The summed E-state index contributed by atoms with van der Waals surface area (Å²) in [6.07, 6.45) is -5.52. The van der Waals surface area contributed by atoms with Gasteiger partial charge < -0.3 is 0 Å². The number of nitrogens with zero attached hydrogens (tertiary/aromatic N) is 4. The maximum atomic E-state index is 13.6. The van der Waals surface area contributed by atoms with Crippen molar-refractivity contribution in [1.29, 1.82) is 0 Å². The molecule has 0 radical (unpaired) electrons. The molecule has 0 aliphatic carbocycles. The van der Waals surface area contributed by atoms with Crippen molar-refractivity contribution in [1.82, 2.24) is 0 Å². The molecule has 1 amide bonds. The van der Waals surface area contributed by atoms with E-state index >= 15 is 0 Å². The third kappa shape index (κ3) is 4.10. The molecule has 152 valence electrons. The molecule has 0 aromatic heterocycles. The molecule has 2 rings (SSSR count). The van der Waals surface area contributed by atoms with Gasteiger partial charge in [0.1, 0.15) is 5.69 Å². The maximum absolute atomic E-state index is 13.6. The summed E-state index contributed by atoms with van der Waals surface area (Å²) in [5, 5.41) is 33.2. The van der Waals surface area contributed by atoms with Crippen LogP contribution < -0.4 is 4.90 Å². The molecule has 0 unspecified atom stereocenters. The van der Waals surface area contributed by atoms with E-state index in [1.165, 1.54) is 6.92 Å². The molecule has 2 aromatic rings. The Morgan fingerprint density at radius 2 is 1.52 bits per heavy atom. The molecule has 0 atom stereocenters. The minimum Gasteiger partial charge on any atom is -0.278 e. The smallest absolute Gasteiger partial charge is 0.278 e. The van der Waals surface area contributed by atoms with E-state index in [1.807, 2.05) is 0 Å². The summed E-state index contributed by atoms with van der Waals surface area (Å²) in [6.45, 7) is 1.31. The number of rotatable bonds is 6. The minimum absolute atomic E-state index is 0.0471. The number of anilines is 2. The molecule has 14 heteroatoms. The average molecular weight is 414 g/mol. The lowest BCUT2D eigenvalue weighted by molar-refractivity contribution is -0.394. The number of carbonyl (C=O) groups excluding carboxylic acids is 1. The van der Waals surface area contributed by atoms with Crippen molar-refractivity contribution in [2.45, 2.75) is 13.1 Å². The van der Waals surface area contributed by atoms with Crippen LogP contribution in [0.5, 0.6) is 0 Å². The monoisotopic (exact) mass is 414 g/mol. The highest BCUT2D eigenvalue weighted by molar-refractivity contribution is 5.94. The summed E-state index contributed by atoms with van der Waals surface area (Å²) >= 11 is 0. The normalized spacial score (nSPS) is 11.0. The molecule has 0 saturated carbocycles. The largest absolute Gasteiger partial charge is 0.418 e. The molecule has 0 fully saturated rings. The molecule has 0 spiro atoms. The fraction of sp³-hybridized carbons (Fsp3) is 0.133. The Bertz CT molecular complexity index is 1040. The standard InChI is InChI=1S/C15H9F3N4O7/c1-8-2-3-9(20(24)25)5-12(8)19(7-23)14-11(15(16,17)18)4-10(21(26)27)6-13(14)22(28)29/h2-7H,1H3. The number of nitro benzene ring substituents is 3. The van der Waals surface area contributed by atoms with Gasteiger partial charge in [-0.25, -0.2) is 0 Å². The van der Waals surface area contributed by atoms with Crippen LogP contribution >= 0.6 is 0 Å². The Morgan fingerprint density at radius 1 is 0.931 bits per heavy atom. The second-order valence-electron chi connectivity index (χ2n) is 5.58. The van der Waals surface area contributed by atoms with Crippen molar-refractivity contribution in [3.05, 3.63) is 71.8 Å². The first-order valence-electron chi connectivity index (χ1n) is 7.42. The van der Waals surface area contributed by atoms with Crippen molar-refractivity contribution in [2.75, 3.05) is 4.90 Å². The van der Waals surface area contributed by atoms with Gasteiger partial charge in [0.15, 0.2) is 0 Å². The van der Waals surface area contributed by atoms with Gasteiger partial charge in [-0.05, 0) is 12.5 Å².